The van der Waals surface area contributed by atoms with Gasteiger partial charge in [-0.2, -0.15) is 5.26 Å². The van der Waals surface area contributed by atoms with Crippen LogP contribution in [0.4, 0.5) is 4.39 Å². The Hall–Kier alpha value is -1.36. The largest absolute Gasteiger partial charge is 0.349 e. The Kier molecular flexibility index (Phi) is 7.37. The summed E-state index contributed by atoms with van der Waals surface area (Å²) in [4.78, 5) is 8.05. The zero-order valence-electron chi connectivity index (χ0n) is 11.5. The van der Waals surface area contributed by atoms with Crippen LogP contribution in [0.25, 0.3) is 0 Å². The zero-order chi connectivity index (χ0) is 13.7. The first-order chi connectivity index (χ1) is 8.45. The molecule has 0 fully saturated rings. The van der Waals surface area contributed by atoms with Gasteiger partial charge in [0.05, 0.1) is 18.2 Å². The predicted molar refractivity (Wildman–Crippen MR) is 85.0 cm³/mol. The summed E-state index contributed by atoms with van der Waals surface area (Å²) in [6.07, 6.45) is 0. The highest BCUT2D eigenvalue weighted by Crippen LogP contribution is 2.11. The molecule has 0 heterocycles. The van der Waals surface area contributed by atoms with E-state index in [0.29, 0.717) is 11.1 Å². The number of benzene rings is 1. The van der Waals surface area contributed by atoms with Gasteiger partial charge in [-0.1, -0.05) is 0 Å². The molecule has 0 spiro atoms. The molecule has 0 bridgehead atoms. The van der Waals surface area contributed by atoms with E-state index in [1.165, 1.54) is 18.2 Å². The van der Waals surface area contributed by atoms with Crippen LogP contribution in [-0.2, 0) is 6.54 Å². The second-order valence-corrected chi connectivity index (χ2v) is 4.32. The number of guanidine groups is 1. The minimum absolute atomic E-state index is 0. The molecule has 0 aromatic heterocycles. The van der Waals surface area contributed by atoms with Crippen molar-refractivity contribution in [2.75, 3.05) is 28.2 Å². The van der Waals surface area contributed by atoms with E-state index >= 15 is 0 Å². The maximum atomic E-state index is 13.6. The Morgan fingerprint density at radius 2 is 1.84 bits per heavy atom. The standard InChI is InChI=1S/C13H17FN4.HI/c1-17(2)13(18(3)4)16-9-11-7-10(8-15)5-6-12(11)14;/h5-7H,9H2,1-4H3;1H. The van der Waals surface area contributed by atoms with Crippen molar-refractivity contribution in [3.8, 4) is 6.07 Å². The minimum Gasteiger partial charge on any atom is -0.349 e. The summed E-state index contributed by atoms with van der Waals surface area (Å²) < 4.78 is 13.6. The molecule has 19 heavy (non-hydrogen) atoms. The van der Waals surface area contributed by atoms with Gasteiger partial charge in [0.25, 0.3) is 0 Å². The molecule has 4 nitrogen and oxygen atoms in total. The summed E-state index contributed by atoms with van der Waals surface area (Å²) in [6.45, 7) is 0.215. The lowest BCUT2D eigenvalue weighted by molar-refractivity contribution is 0.478. The lowest BCUT2D eigenvalue weighted by Gasteiger charge is -2.22. The Balaban J connectivity index is 0.00000324. The molecule has 0 radical (unpaired) electrons. The summed E-state index contributed by atoms with van der Waals surface area (Å²) in [5.74, 6) is 0.409. The van der Waals surface area contributed by atoms with Crippen molar-refractivity contribution >= 4 is 29.9 Å². The summed E-state index contributed by atoms with van der Waals surface area (Å²) in [6, 6.07) is 6.28. The number of hydrogen-bond donors (Lipinski definition) is 0. The molecular formula is C13H18FIN4. The third kappa shape index (κ3) is 5.03. The minimum atomic E-state index is -0.338. The third-order valence-corrected chi connectivity index (χ3v) is 2.37. The van der Waals surface area contributed by atoms with Crippen LogP contribution < -0.4 is 0 Å². The second-order valence-electron chi connectivity index (χ2n) is 4.32. The third-order valence-electron chi connectivity index (χ3n) is 2.37. The Bertz CT molecular complexity index is 482. The molecule has 0 unspecified atom stereocenters. The Labute approximate surface area is 130 Å². The van der Waals surface area contributed by atoms with E-state index in [1.54, 1.807) is 0 Å². The lowest BCUT2D eigenvalue weighted by atomic mass is 10.1. The fourth-order valence-corrected chi connectivity index (χ4v) is 1.60. The predicted octanol–water partition coefficient (Wildman–Crippen LogP) is 2.29. The fourth-order valence-electron chi connectivity index (χ4n) is 1.60. The van der Waals surface area contributed by atoms with Crippen molar-refractivity contribution in [1.29, 1.82) is 5.26 Å². The van der Waals surface area contributed by atoms with Gasteiger partial charge in [-0.3, -0.25) is 0 Å². The first kappa shape index (κ1) is 17.6. The van der Waals surface area contributed by atoms with Crippen molar-refractivity contribution in [3.05, 3.63) is 35.1 Å². The SMILES string of the molecule is CN(C)C(=NCc1cc(C#N)ccc1F)N(C)C.I. The van der Waals surface area contributed by atoms with E-state index in [1.807, 2.05) is 44.1 Å². The molecule has 0 amide bonds. The molecule has 104 valence electrons. The van der Waals surface area contributed by atoms with Gasteiger partial charge < -0.3 is 9.80 Å². The van der Waals surface area contributed by atoms with Crippen LogP contribution in [0.15, 0.2) is 23.2 Å². The molecule has 0 N–H and O–H groups in total. The molecule has 1 aromatic carbocycles. The highest BCUT2D eigenvalue weighted by atomic mass is 127. The van der Waals surface area contributed by atoms with Gasteiger partial charge in [0.2, 0.25) is 0 Å². The summed E-state index contributed by atoms with van der Waals surface area (Å²) in [5.41, 5.74) is 0.869. The van der Waals surface area contributed by atoms with Crippen molar-refractivity contribution in [1.82, 2.24) is 9.80 Å². The van der Waals surface area contributed by atoms with E-state index < -0.39 is 0 Å². The van der Waals surface area contributed by atoms with E-state index in [0.717, 1.165) is 5.96 Å². The topological polar surface area (TPSA) is 42.6 Å². The van der Waals surface area contributed by atoms with E-state index in [4.69, 9.17) is 5.26 Å². The average molecular weight is 376 g/mol. The van der Waals surface area contributed by atoms with Crippen LogP contribution >= 0.6 is 24.0 Å². The first-order valence-corrected chi connectivity index (χ1v) is 5.53. The monoisotopic (exact) mass is 376 g/mol. The normalized spacial score (nSPS) is 9.05. The summed E-state index contributed by atoms with van der Waals surface area (Å²) >= 11 is 0. The number of aliphatic imine (C=N–C) groups is 1. The molecule has 1 aromatic rings. The van der Waals surface area contributed by atoms with Crippen LogP contribution in [-0.4, -0.2) is 44.0 Å². The highest BCUT2D eigenvalue weighted by Gasteiger charge is 2.07. The quantitative estimate of drug-likeness (QED) is 0.452. The van der Waals surface area contributed by atoms with Gasteiger partial charge >= 0.3 is 0 Å². The Morgan fingerprint density at radius 3 is 2.32 bits per heavy atom. The molecule has 1 rings (SSSR count). The van der Waals surface area contributed by atoms with Gasteiger partial charge in [0, 0.05) is 33.8 Å². The summed E-state index contributed by atoms with van der Waals surface area (Å²) in [5, 5.41) is 8.78. The number of halogens is 2. The van der Waals surface area contributed by atoms with Crippen molar-refractivity contribution in [2.24, 2.45) is 4.99 Å². The number of rotatable bonds is 2. The lowest BCUT2D eigenvalue weighted by Crippen LogP contribution is -2.35. The second kappa shape index (κ2) is 7.94. The number of nitriles is 1. The summed E-state index contributed by atoms with van der Waals surface area (Å²) in [7, 11) is 7.50. The van der Waals surface area contributed by atoms with Crippen LogP contribution in [0.3, 0.4) is 0 Å². The molecule has 0 aliphatic carbocycles. The van der Waals surface area contributed by atoms with E-state index in [2.05, 4.69) is 4.99 Å². The van der Waals surface area contributed by atoms with Crippen LogP contribution in [0.5, 0.6) is 0 Å². The maximum absolute atomic E-state index is 13.6. The van der Waals surface area contributed by atoms with Gasteiger partial charge in [-0.15, -0.1) is 24.0 Å². The molecule has 0 saturated heterocycles. The molecular weight excluding hydrogens is 358 g/mol. The highest BCUT2D eigenvalue weighted by molar-refractivity contribution is 14.0. The van der Waals surface area contributed by atoms with Crippen LogP contribution in [0.1, 0.15) is 11.1 Å². The number of hydrogen-bond acceptors (Lipinski definition) is 2. The molecule has 0 aliphatic rings. The molecule has 0 atom stereocenters. The van der Waals surface area contributed by atoms with Gasteiger partial charge in [-0.25, -0.2) is 9.38 Å². The molecule has 0 aliphatic heterocycles. The number of nitrogens with zero attached hydrogens (tertiary/aromatic N) is 4. The fraction of sp³-hybridized carbons (Fsp3) is 0.385. The van der Waals surface area contributed by atoms with Crippen molar-refractivity contribution < 1.29 is 4.39 Å². The first-order valence-electron chi connectivity index (χ1n) is 5.53. The average Bonchev–Trinajstić information content (AvgIpc) is 2.30. The maximum Gasteiger partial charge on any atom is 0.195 e. The van der Waals surface area contributed by atoms with Crippen molar-refractivity contribution in [2.45, 2.75) is 6.54 Å². The van der Waals surface area contributed by atoms with E-state index in [9.17, 15) is 4.39 Å². The molecule has 0 saturated carbocycles. The van der Waals surface area contributed by atoms with Crippen LogP contribution in [0.2, 0.25) is 0 Å². The van der Waals surface area contributed by atoms with Gasteiger partial charge in [0.15, 0.2) is 5.96 Å². The zero-order valence-corrected chi connectivity index (χ0v) is 13.8. The molecule has 6 heteroatoms. The smallest absolute Gasteiger partial charge is 0.195 e. The van der Waals surface area contributed by atoms with Crippen molar-refractivity contribution in [3.63, 3.8) is 0 Å². The van der Waals surface area contributed by atoms with Crippen LogP contribution in [0, 0.1) is 17.1 Å². The van der Waals surface area contributed by atoms with Gasteiger partial charge in [0.1, 0.15) is 5.82 Å². The van der Waals surface area contributed by atoms with Gasteiger partial charge in [-0.05, 0) is 18.2 Å². The van der Waals surface area contributed by atoms with E-state index in [-0.39, 0.29) is 36.3 Å². The Morgan fingerprint density at radius 1 is 1.26 bits per heavy atom.